The highest BCUT2D eigenvalue weighted by atomic mass is 16.7. The molecule has 1 rings (SSSR count). The number of methoxy groups -OCH3 is 2. The van der Waals surface area contributed by atoms with Crippen LogP contribution >= 0.6 is 0 Å². The van der Waals surface area contributed by atoms with Crippen LogP contribution in [0.15, 0.2) is 0 Å². The zero-order valence-electron chi connectivity index (χ0n) is 10.1. The van der Waals surface area contributed by atoms with Gasteiger partial charge in [-0.1, -0.05) is 19.3 Å². The molecule has 0 aromatic heterocycles. The van der Waals surface area contributed by atoms with Crippen molar-refractivity contribution in [2.75, 3.05) is 27.3 Å². The van der Waals surface area contributed by atoms with Crippen LogP contribution < -0.4 is 5.32 Å². The summed E-state index contributed by atoms with van der Waals surface area (Å²) in [6.07, 6.45) is 7.97. The van der Waals surface area contributed by atoms with Crippen molar-refractivity contribution in [3.05, 3.63) is 0 Å². The second-order valence-electron chi connectivity index (χ2n) is 4.40. The Kier molecular flexibility index (Phi) is 6.98. The molecule has 3 nitrogen and oxygen atoms in total. The summed E-state index contributed by atoms with van der Waals surface area (Å²) in [5.74, 6) is 0.905. The van der Waals surface area contributed by atoms with Crippen LogP contribution in [0.1, 0.15) is 38.5 Å². The van der Waals surface area contributed by atoms with Gasteiger partial charge in [-0.2, -0.15) is 0 Å². The zero-order valence-corrected chi connectivity index (χ0v) is 10.1. The Morgan fingerprint density at radius 1 is 1.13 bits per heavy atom. The molecule has 1 aliphatic rings. The third-order valence-electron chi connectivity index (χ3n) is 3.24. The van der Waals surface area contributed by atoms with Crippen molar-refractivity contribution in [3.8, 4) is 0 Å². The SMILES string of the molecule is COC(CCNCC1CCCCC1)OC. The molecule has 15 heavy (non-hydrogen) atoms. The van der Waals surface area contributed by atoms with Crippen molar-refractivity contribution in [2.24, 2.45) is 5.92 Å². The summed E-state index contributed by atoms with van der Waals surface area (Å²) in [5.41, 5.74) is 0. The van der Waals surface area contributed by atoms with Gasteiger partial charge in [0.05, 0.1) is 0 Å². The van der Waals surface area contributed by atoms with E-state index < -0.39 is 0 Å². The van der Waals surface area contributed by atoms with Crippen LogP contribution in [0.4, 0.5) is 0 Å². The maximum absolute atomic E-state index is 5.13. The standard InChI is InChI=1S/C12H25NO2/c1-14-12(15-2)8-9-13-10-11-6-4-3-5-7-11/h11-13H,3-10H2,1-2H3. The topological polar surface area (TPSA) is 30.5 Å². The molecule has 1 N–H and O–H groups in total. The van der Waals surface area contributed by atoms with Crippen molar-refractivity contribution in [3.63, 3.8) is 0 Å². The highest BCUT2D eigenvalue weighted by Crippen LogP contribution is 2.22. The fraction of sp³-hybridized carbons (Fsp3) is 1.00. The molecule has 0 atom stereocenters. The number of ether oxygens (including phenoxy) is 2. The number of rotatable bonds is 7. The first-order valence-electron chi connectivity index (χ1n) is 6.13. The van der Waals surface area contributed by atoms with Gasteiger partial charge in [0.2, 0.25) is 0 Å². The monoisotopic (exact) mass is 215 g/mol. The highest BCUT2D eigenvalue weighted by molar-refractivity contribution is 4.67. The number of nitrogens with one attached hydrogen (secondary N) is 1. The minimum absolute atomic E-state index is 0.0520. The van der Waals surface area contributed by atoms with E-state index in [9.17, 15) is 0 Å². The first kappa shape index (κ1) is 12.9. The summed E-state index contributed by atoms with van der Waals surface area (Å²) in [5, 5.41) is 3.49. The van der Waals surface area contributed by atoms with Crippen LogP contribution in [0.25, 0.3) is 0 Å². The van der Waals surface area contributed by atoms with Crippen molar-refractivity contribution < 1.29 is 9.47 Å². The fourth-order valence-electron chi connectivity index (χ4n) is 2.25. The van der Waals surface area contributed by atoms with Gasteiger partial charge in [0.15, 0.2) is 6.29 Å². The van der Waals surface area contributed by atoms with Crippen molar-refractivity contribution in [2.45, 2.75) is 44.8 Å². The lowest BCUT2D eigenvalue weighted by molar-refractivity contribution is -0.105. The van der Waals surface area contributed by atoms with E-state index in [1.807, 2.05) is 0 Å². The lowest BCUT2D eigenvalue weighted by Crippen LogP contribution is -2.28. The number of hydrogen-bond acceptors (Lipinski definition) is 3. The van der Waals surface area contributed by atoms with E-state index in [4.69, 9.17) is 9.47 Å². The van der Waals surface area contributed by atoms with Crippen molar-refractivity contribution >= 4 is 0 Å². The Morgan fingerprint density at radius 3 is 2.40 bits per heavy atom. The molecule has 0 saturated heterocycles. The minimum atomic E-state index is -0.0520. The molecule has 1 fully saturated rings. The Labute approximate surface area is 93.5 Å². The van der Waals surface area contributed by atoms with E-state index in [2.05, 4.69) is 5.32 Å². The van der Waals surface area contributed by atoms with E-state index in [1.165, 1.54) is 38.6 Å². The third-order valence-corrected chi connectivity index (χ3v) is 3.24. The summed E-state index contributed by atoms with van der Waals surface area (Å²) in [7, 11) is 3.38. The molecule has 0 amide bonds. The molecule has 1 saturated carbocycles. The maximum atomic E-state index is 5.13. The van der Waals surface area contributed by atoms with Gasteiger partial charge in [-0.3, -0.25) is 0 Å². The highest BCUT2D eigenvalue weighted by Gasteiger charge is 2.12. The first-order chi connectivity index (χ1) is 7.36. The van der Waals surface area contributed by atoms with Gasteiger partial charge in [-0.15, -0.1) is 0 Å². The summed E-state index contributed by atoms with van der Waals surface area (Å²) in [6, 6.07) is 0. The van der Waals surface area contributed by atoms with Gasteiger partial charge in [-0.25, -0.2) is 0 Å². The quantitative estimate of drug-likeness (QED) is 0.521. The summed E-state index contributed by atoms with van der Waals surface area (Å²) in [6.45, 7) is 2.16. The molecule has 0 aliphatic heterocycles. The normalized spacial score (nSPS) is 18.6. The zero-order chi connectivity index (χ0) is 10.9. The van der Waals surface area contributed by atoms with Gasteiger partial charge < -0.3 is 14.8 Å². The molecule has 0 bridgehead atoms. The largest absolute Gasteiger partial charge is 0.356 e. The molecule has 3 heteroatoms. The Hall–Kier alpha value is -0.120. The minimum Gasteiger partial charge on any atom is -0.356 e. The molecule has 0 aromatic rings. The number of hydrogen-bond donors (Lipinski definition) is 1. The van der Waals surface area contributed by atoms with Crippen molar-refractivity contribution in [1.82, 2.24) is 5.32 Å². The summed E-state index contributed by atoms with van der Waals surface area (Å²) >= 11 is 0. The van der Waals surface area contributed by atoms with E-state index in [0.29, 0.717) is 0 Å². The molecular formula is C12H25NO2. The second-order valence-corrected chi connectivity index (χ2v) is 4.40. The lowest BCUT2D eigenvalue weighted by Gasteiger charge is -2.22. The van der Waals surface area contributed by atoms with Crippen LogP contribution in [-0.4, -0.2) is 33.6 Å². The molecule has 0 spiro atoms. The smallest absolute Gasteiger partial charge is 0.158 e. The van der Waals surface area contributed by atoms with E-state index in [1.54, 1.807) is 14.2 Å². The maximum Gasteiger partial charge on any atom is 0.158 e. The predicted octanol–water partition coefficient (Wildman–Crippen LogP) is 2.17. The molecular weight excluding hydrogens is 190 g/mol. The summed E-state index contributed by atoms with van der Waals surface area (Å²) < 4.78 is 10.3. The second kappa shape index (κ2) is 8.08. The first-order valence-corrected chi connectivity index (χ1v) is 6.13. The van der Waals surface area contributed by atoms with Crippen LogP contribution in [0, 0.1) is 5.92 Å². The average Bonchev–Trinajstić information content (AvgIpc) is 2.31. The van der Waals surface area contributed by atoms with E-state index >= 15 is 0 Å². The van der Waals surface area contributed by atoms with Crippen LogP contribution in [0.3, 0.4) is 0 Å². The van der Waals surface area contributed by atoms with Crippen LogP contribution in [-0.2, 0) is 9.47 Å². The molecule has 90 valence electrons. The van der Waals surface area contributed by atoms with Crippen LogP contribution in [0.5, 0.6) is 0 Å². The van der Waals surface area contributed by atoms with E-state index in [0.717, 1.165) is 18.9 Å². The fourth-order valence-corrected chi connectivity index (χ4v) is 2.25. The van der Waals surface area contributed by atoms with Gasteiger partial charge >= 0.3 is 0 Å². The Bertz CT molecular complexity index is 143. The molecule has 0 radical (unpaired) electrons. The lowest BCUT2D eigenvalue weighted by atomic mass is 9.89. The molecule has 0 heterocycles. The van der Waals surface area contributed by atoms with Crippen LogP contribution in [0.2, 0.25) is 0 Å². The third kappa shape index (κ3) is 5.50. The van der Waals surface area contributed by atoms with Gasteiger partial charge in [0.25, 0.3) is 0 Å². The van der Waals surface area contributed by atoms with Gasteiger partial charge in [0.1, 0.15) is 0 Å². The molecule has 1 aliphatic carbocycles. The van der Waals surface area contributed by atoms with Gasteiger partial charge in [-0.05, 0) is 31.8 Å². The van der Waals surface area contributed by atoms with E-state index in [-0.39, 0.29) is 6.29 Å². The average molecular weight is 215 g/mol. The van der Waals surface area contributed by atoms with Crippen molar-refractivity contribution in [1.29, 1.82) is 0 Å². The summed E-state index contributed by atoms with van der Waals surface area (Å²) in [4.78, 5) is 0. The Morgan fingerprint density at radius 2 is 1.80 bits per heavy atom. The predicted molar refractivity (Wildman–Crippen MR) is 61.9 cm³/mol. The molecule has 0 aromatic carbocycles. The Balaban J connectivity index is 1.95. The molecule has 0 unspecified atom stereocenters. The van der Waals surface area contributed by atoms with Gasteiger partial charge in [0, 0.05) is 20.6 Å².